The van der Waals surface area contributed by atoms with Crippen molar-refractivity contribution in [3.05, 3.63) is 39.9 Å². The minimum Gasteiger partial charge on any atom is -0.480 e. The van der Waals surface area contributed by atoms with Gasteiger partial charge in [0.15, 0.2) is 0 Å². The Hall–Kier alpha value is -2.68. The molecule has 1 rings (SSSR count). The second kappa shape index (κ2) is 10.3. The van der Waals surface area contributed by atoms with E-state index < -0.39 is 23.0 Å². The number of aliphatic hydroxyl groups is 1. The van der Waals surface area contributed by atoms with Gasteiger partial charge in [-0.3, -0.25) is 10.1 Å². The molecule has 26 heavy (non-hydrogen) atoms. The molecule has 1 aromatic carbocycles. The normalized spacial score (nSPS) is 11.8. The van der Waals surface area contributed by atoms with E-state index in [2.05, 4.69) is 5.32 Å². The molecule has 9 nitrogen and oxygen atoms in total. The fourth-order valence-electron chi connectivity index (χ4n) is 2.28. The summed E-state index contributed by atoms with van der Waals surface area (Å²) in [6, 6.07) is 3.76. The van der Waals surface area contributed by atoms with Crippen LogP contribution in [0, 0.1) is 16.0 Å². The van der Waals surface area contributed by atoms with Crippen molar-refractivity contribution < 1.29 is 24.7 Å². The molecule has 1 aromatic rings. The summed E-state index contributed by atoms with van der Waals surface area (Å²) in [6.07, 6.45) is 0.726. The molecule has 2 amide bonds. The van der Waals surface area contributed by atoms with E-state index in [0.717, 1.165) is 6.42 Å². The van der Waals surface area contributed by atoms with E-state index in [9.17, 15) is 24.8 Å². The first-order valence-electron chi connectivity index (χ1n) is 8.37. The number of hydrogen-bond donors (Lipinski definition) is 3. The van der Waals surface area contributed by atoms with Crippen molar-refractivity contribution >= 4 is 17.7 Å². The maximum Gasteiger partial charge on any atom is 0.326 e. The number of carboxylic acid groups (broad SMARTS) is 1. The fraction of sp³-hybridized carbons (Fsp3) is 0.529. The molecule has 0 saturated heterocycles. The SMILES string of the molecule is CC(C)CCN(CCO)C(=O)N[C@@H](Cc1ccc([N+](=O)[O-])cc1)C(=O)O. The number of carbonyl (C=O) groups is 2. The Labute approximate surface area is 151 Å². The number of nitrogens with zero attached hydrogens (tertiary/aromatic N) is 2. The molecular weight excluding hydrogens is 342 g/mol. The van der Waals surface area contributed by atoms with Crippen LogP contribution in [-0.4, -0.2) is 57.8 Å². The molecular formula is C17H25N3O6. The third-order valence-corrected chi connectivity index (χ3v) is 3.82. The monoisotopic (exact) mass is 367 g/mol. The van der Waals surface area contributed by atoms with E-state index in [-0.39, 0.29) is 25.3 Å². The third kappa shape index (κ3) is 7.06. The molecule has 0 spiro atoms. The Bertz CT molecular complexity index is 617. The lowest BCUT2D eigenvalue weighted by molar-refractivity contribution is -0.384. The zero-order valence-electron chi connectivity index (χ0n) is 14.9. The zero-order valence-corrected chi connectivity index (χ0v) is 14.9. The molecule has 0 unspecified atom stereocenters. The highest BCUT2D eigenvalue weighted by atomic mass is 16.6. The summed E-state index contributed by atoms with van der Waals surface area (Å²) in [5.41, 5.74) is 0.464. The smallest absolute Gasteiger partial charge is 0.326 e. The van der Waals surface area contributed by atoms with Gasteiger partial charge in [-0.1, -0.05) is 26.0 Å². The van der Waals surface area contributed by atoms with Gasteiger partial charge in [0.25, 0.3) is 5.69 Å². The highest BCUT2D eigenvalue weighted by Gasteiger charge is 2.23. The van der Waals surface area contributed by atoms with Gasteiger partial charge in [-0.05, 0) is 17.9 Å². The first kappa shape index (κ1) is 21.4. The van der Waals surface area contributed by atoms with E-state index in [0.29, 0.717) is 18.0 Å². The van der Waals surface area contributed by atoms with Gasteiger partial charge in [-0.15, -0.1) is 0 Å². The lowest BCUT2D eigenvalue weighted by atomic mass is 10.1. The Morgan fingerprint density at radius 3 is 2.31 bits per heavy atom. The largest absolute Gasteiger partial charge is 0.480 e. The number of non-ortho nitro benzene ring substituents is 1. The summed E-state index contributed by atoms with van der Waals surface area (Å²) < 4.78 is 0. The van der Waals surface area contributed by atoms with Crippen molar-refractivity contribution in [3.8, 4) is 0 Å². The zero-order chi connectivity index (χ0) is 19.7. The fourth-order valence-corrected chi connectivity index (χ4v) is 2.28. The molecule has 0 fully saturated rings. The maximum atomic E-state index is 12.3. The molecule has 0 aromatic heterocycles. The van der Waals surface area contributed by atoms with Crippen LogP contribution >= 0.6 is 0 Å². The van der Waals surface area contributed by atoms with Crippen molar-refractivity contribution in [3.63, 3.8) is 0 Å². The van der Waals surface area contributed by atoms with E-state index in [1.54, 1.807) is 0 Å². The summed E-state index contributed by atoms with van der Waals surface area (Å²) in [4.78, 5) is 35.3. The van der Waals surface area contributed by atoms with E-state index in [4.69, 9.17) is 5.11 Å². The second-order valence-corrected chi connectivity index (χ2v) is 6.36. The van der Waals surface area contributed by atoms with Crippen LogP contribution in [-0.2, 0) is 11.2 Å². The Kier molecular flexibility index (Phi) is 8.50. The summed E-state index contributed by atoms with van der Waals surface area (Å²) in [7, 11) is 0. The van der Waals surface area contributed by atoms with Crippen molar-refractivity contribution in [1.29, 1.82) is 0 Å². The molecule has 0 radical (unpaired) electrons. The van der Waals surface area contributed by atoms with Gasteiger partial charge in [0, 0.05) is 31.6 Å². The average Bonchev–Trinajstić information content (AvgIpc) is 2.58. The summed E-state index contributed by atoms with van der Waals surface area (Å²) in [6.45, 7) is 4.31. The van der Waals surface area contributed by atoms with E-state index in [1.807, 2.05) is 13.8 Å². The predicted octanol–water partition coefficient (Wildman–Crippen LogP) is 1.64. The quantitative estimate of drug-likeness (QED) is 0.425. The van der Waals surface area contributed by atoms with E-state index in [1.165, 1.54) is 29.2 Å². The number of carbonyl (C=O) groups excluding carboxylic acids is 1. The highest BCUT2D eigenvalue weighted by molar-refractivity contribution is 5.82. The predicted molar refractivity (Wildman–Crippen MR) is 94.9 cm³/mol. The third-order valence-electron chi connectivity index (χ3n) is 3.82. The molecule has 0 aliphatic heterocycles. The Balaban J connectivity index is 2.77. The Morgan fingerprint density at radius 1 is 1.23 bits per heavy atom. The average molecular weight is 367 g/mol. The van der Waals surface area contributed by atoms with Crippen molar-refractivity contribution in [1.82, 2.24) is 10.2 Å². The van der Waals surface area contributed by atoms with Gasteiger partial charge in [0.1, 0.15) is 6.04 Å². The number of aliphatic carboxylic acids is 1. The minimum absolute atomic E-state index is 0.00376. The first-order valence-corrected chi connectivity index (χ1v) is 8.37. The van der Waals surface area contributed by atoms with Gasteiger partial charge < -0.3 is 20.4 Å². The molecule has 0 aliphatic carbocycles. The summed E-state index contributed by atoms with van der Waals surface area (Å²) in [5.74, 6) is -0.844. The van der Waals surface area contributed by atoms with Gasteiger partial charge >= 0.3 is 12.0 Å². The topological polar surface area (TPSA) is 133 Å². The lowest BCUT2D eigenvalue weighted by Crippen LogP contribution is -2.50. The number of amides is 2. The number of rotatable bonds is 10. The Morgan fingerprint density at radius 2 is 1.85 bits per heavy atom. The summed E-state index contributed by atoms with van der Waals surface area (Å²) in [5, 5.41) is 31.6. The molecule has 1 atom stereocenters. The summed E-state index contributed by atoms with van der Waals surface area (Å²) >= 11 is 0. The van der Waals surface area contributed by atoms with Gasteiger partial charge in [0.2, 0.25) is 0 Å². The lowest BCUT2D eigenvalue weighted by Gasteiger charge is -2.25. The molecule has 0 saturated carbocycles. The second-order valence-electron chi connectivity index (χ2n) is 6.36. The molecule has 0 bridgehead atoms. The van der Waals surface area contributed by atoms with E-state index >= 15 is 0 Å². The number of aliphatic hydroxyl groups excluding tert-OH is 1. The van der Waals surface area contributed by atoms with Crippen LogP contribution in [0.3, 0.4) is 0 Å². The van der Waals surface area contributed by atoms with Crippen LogP contribution in [0.15, 0.2) is 24.3 Å². The van der Waals surface area contributed by atoms with Crippen LogP contribution in [0.1, 0.15) is 25.8 Å². The molecule has 0 heterocycles. The first-order chi connectivity index (χ1) is 12.2. The molecule has 144 valence electrons. The van der Waals surface area contributed by atoms with Crippen molar-refractivity contribution in [2.45, 2.75) is 32.7 Å². The van der Waals surface area contributed by atoms with Crippen LogP contribution in [0.25, 0.3) is 0 Å². The van der Waals surface area contributed by atoms with Crippen LogP contribution in [0.5, 0.6) is 0 Å². The van der Waals surface area contributed by atoms with Crippen LogP contribution in [0.4, 0.5) is 10.5 Å². The van der Waals surface area contributed by atoms with Crippen molar-refractivity contribution in [2.24, 2.45) is 5.92 Å². The number of nitrogens with one attached hydrogen (secondary N) is 1. The van der Waals surface area contributed by atoms with Crippen molar-refractivity contribution in [2.75, 3.05) is 19.7 Å². The molecule has 3 N–H and O–H groups in total. The molecule has 9 heteroatoms. The standard InChI is InChI=1S/C17H25N3O6/c1-12(2)7-8-19(9-10-21)17(24)18-15(16(22)23)11-13-3-5-14(6-4-13)20(25)26/h3-6,12,15,21H,7-11H2,1-2H3,(H,18,24)(H,22,23)/t15-/m0/s1. The van der Waals surface area contributed by atoms with Crippen LogP contribution < -0.4 is 5.32 Å². The van der Waals surface area contributed by atoms with Gasteiger partial charge in [-0.25, -0.2) is 9.59 Å². The van der Waals surface area contributed by atoms with Gasteiger partial charge in [-0.2, -0.15) is 0 Å². The number of carboxylic acids is 1. The number of benzene rings is 1. The maximum absolute atomic E-state index is 12.3. The van der Waals surface area contributed by atoms with Gasteiger partial charge in [0.05, 0.1) is 11.5 Å². The number of urea groups is 1. The highest BCUT2D eigenvalue weighted by Crippen LogP contribution is 2.13. The van der Waals surface area contributed by atoms with Crippen LogP contribution in [0.2, 0.25) is 0 Å². The number of nitro groups is 1. The number of hydrogen-bond acceptors (Lipinski definition) is 5. The molecule has 0 aliphatic rings. The minimum atomic E-state index is -1.20. The number of nitro benzene ring substituents is 1.